The monoisotopic (exact) mass is 719 g/mol. The maximum Gasteiger partial charge on any atom is 0.0839 e. The highest BCUT2D eigenvalue weighted by Crippen LogP contribution is 2.39. The van der Waals surface area contributed by atoms with Crippen molar-refractivity contribution >= 4 is 21.5 Å². The molecule has 4 rings (SSSR count). The fraction of sp³-hybridized carbons (Fsp3) is 0.615. The van der Waals surface area contributed by atoms with Crippen LogP contribution in [0.2, 0.25) is 0 Å². The van der Waals surface area contributed by atoms with Crippen LogP contribution in [0.4, 0.5) is 0 Å². The third-order valence-electron chi connectivity index (χ3n) is 11.8. The van der Waals surface area contributed by atoms with Crippen molar-refractivity contribution in [1.82, 2.24) is 0 Å². The highest BCUT2D eigenvalue weighted by atomic mass is 16.5. The SMILES string of the molecule is CCCCCCCCCCCCCCCC(OC(CCCCCCCCCCCCCCC)c1cccc2ccccc12)c1cccc2ccccc12. The van der Waals surface area contributed by atoms with E-state index in [0.717, 1.165) is 12.8 Å². The molecule has 0 saturated carbocycles. The molecule has 0 fully saturated rings. The topological polar surface area (TPSA) is 9.23 Å². The molecule has 0 aliphatic rings. The van der Waals surface area contributed by atoms with Crippen LogP contribution in [0.5, 0.6) is 0 Å². The van der Waals surface area contributed by atoms with Gasteiger partial charge in [-0.05, 0) is 45.5 Å². The predicted octanol–water partition coefficient (Wildman–Crippen LogP) is 17.8. The first-order valence-corrected chi connectivity index (χ1v) is 22.9. The molecule has 0 amide bonds. The lowest BCUT2D eigenvalue weighted by molar-refractivity contribution is -0.0249. The Balaban J connectivity index is 1.33. The number of benzene rings is 4. The Hall–Kier alpha value is -2.64. The van der Waals surface area contributed by atoms with Gasteiger partial charge in [0.1, 0.15) is 0 Å². The van der Waals surface area contributed by atoms with Gasteiger partial charge in [-0.2, -0.15) is 0 Å². The molecule has 1 heteroatoms. The van der Waals surface area contributed by atoms with E-state index in [9.17, 15) is 0 Å². The van der Waals surface area contributed by atoms with Crippen LogP contribution >= 0.6 is 0 Å². The van der Waals surface area contributed by atoms with Gasteiger partial charge in [0.15, 0.2) is 0 Å². The largest absolute Gasteiger partial charge is 0.366 e. The van der Waals surface area contributed by atoms with E-state index in [1.54, 1.807) is 0 Å². The van der Waals surface area contributed by atoms with E-state index in [2.05, 4.69) is 98.8 Å². The molecule has 53 heavy (non-hydrogen) atoms. The summed E-state index contributed by atoms with van der Waals surface area (Å²) in [6, 6.07) is 31.6. The summed E-state index contributed by atoms with van der Waals surface area (Å²) in [5, 5.41) is 5.35. The van der Waals surface area contributed by atoms with Crippen LogP contribution in [0.1, 0.15) is 217 Å². The van der Waals surface area contributed by atoms with Gasteiger partial charge >= 0.3 is 0 Å². The summed E-state index contributed by atoms with van der Waals surface area (Å²) in [6.45, 7) is 4.61. The van der Waals surface area contributed by atoms with E-state index in [1.807, 2.05) is 0 Å². The summed E-state index contributed by atoms with van der Waals surface area (Å²) in [5.41, 5.74) is 2.75. The summed E-state index contributed by atoms with van der Waals surface area (Å²) >= 11 is 0. The smallest absolute Gasteiger partial charge is 0.0839 e. The van der Waals surface area contributed by atoms with Crippen molar-refractivity contribution in [3.05, 3.63) is 96.1 Å². The van der Waals surface area contributed by atoms with Gasteiger partial charge in [-0.15, -0.1) is 0 Å². The fourth-order valence-electron chi connectivity index (χ4n) is 8.55. The first-order valence-electron chi connectivity index (χ1n) is 22.9. The summed E-state index contributed by atoms with van der Waals surface area (Å²) in [7, 11) is 0. The lowest BCUT2D eigenvalue weighted by atomic mass is 9.94. The Morgan fingerprint density at radius 1 is 0.321 bits per heavy atom. The van der Waals surface area contributed by atoms with Crippen molar-refractivity contribution in [2.24, 2.45) is 0 Å². The van der Waals surface area contributed by atoms with Crippen LogP contribution in [0.25, 0.3) is 21.5 Å². The second-order valence-electron chi connectivity index (χ2n) is 16.3. The molecule has 2 unspecified atom stereocenters. The van der Waals surface area contributed by atoms with Crippen molar-refractivity contribution < 1.29 is 4.74 Å². The minimum atomic E-state index is 0.0970. The summed E-state index contributed by atoms with van der Waals surface area (Å²) < 4.78 is 7.45. The summed E-state index contributed by atoms with van der Waals surface area (Å²) in [4.78, 5) is 0. The third-order valence-corrected chi connectivity index (χ3v) is 11.8. The Morgan fingerprint density at radius 2 is 0.604 bits per heavy atom. The zero-order chi connectivity index (χ0) is 37.0. The van der Waals surface area contributed by atoms with Crippen LogP contribution in [-0.2, 0) is 4.74 Å². The number of hydrogen-bond donors (Lipinski definition) is 0. The Morgan fingerprint density at radius 3 is 0.943 bits per heavy atom. The Labute approximate surface area is 327 Å². The molecule has 1 nitrogen and oxygen atoms in total. The van der Waals surface area contributed by atoms with E-state index < -0.39 is 0 Å². The molecule has 0 spiro atoms. The summed E-state index contributed by atoms with van der Waals surface area (Å²) in [6.07, 6.45) is 38.4. The number of ether oxygens (including phenoxy) is 1. The third kappa shape index (κ3) is 16.7. The van der Waals surface area contributed by atoms with Gasteiger partial charge in [0.25, 0.3) is 0 Å². The van der Waals surface area contributed by atoms with E-state index in [4.69, 9.17) is 4.74 Å². The van der Waals surface area contributed by atoms with Crippen LogP contribution in [0.15, 0.2) is 84.9 Å². The number of rotatable bonds is 32. The van der Waals surface area contributed by atoms with Gasteiger partial charge in [-0.1, -0.05) is 266 Å². The first-order chi connectivity index (χ1) is 26.3. The lowest BCUT2D eigenvalue weighted by Crippen LogP contribution is -2.12. The first kappa shape index (κ1) is 43.1. The van der Waals surface area contributed by atoms with Crippen molar-refractivity contribution in [2.75, 3.05) is 0 Å². The molecule has 0 saturated heterocycles. The molecular formula is C52H78O. The Kier molecular flexibility index (Phi) is 22.7. The number of unbranched alkanes of at least 4 members (excludes halogenated alkanes) is 24. The van der Waals surface area contributed by atoms with Crippen LogP contribution in [0.3, 0.4) is 0 Å². The van der Waals surface area contributed by atoms with Crippen LogP contribution in [0, 0.1) is 0 Å². The quantitative estimate of drug-likeness (QED) is 0.0457. The molecular weight excluding hydrogens is 641 g/mol. The fourth-order valence-corrected chi connectivity index (χ4v) is 8.55. The maximum atomic E-state index is 7.45. The molecule has 0 heterocycles. The van der Waals surface area contributed by atoms with E-state index in [0.29, 0.717) is 0 Å². The molecule has 2 atom stereocenters. The van der Waals surface area contributed by atoms with Crippen molar-refractivity contribution in [2.45, 2.75) is 206 Å². The minimum absolute atomic E-state index is 0.0970. The van der Waals surface area contributed by atoms with Crippen molar-refractivity contribution in [3.63, 3.8) is 0 Å². The molecule has 0 aliphatic heterocycles. The second kappa shape index (κ2) is 27.9. The molecule has 4 aromatic rings. The average Bonchev–Trinajstić information content (AvgIpc) is 3.20. The zero-order valence-corrected chi connectivity index (χ0v) is 34.4. The van der Waals surface area contributed by atoms with Gasteiger partial charge in [0.2, 0.25) is 0 Å². The summed E-state index contributed by atoms with van der Waals surface area (Å²) in [5.74, 6) is 0. The van der Waals surface area contributed by atoms with Gasteiger partial charge in [0, 0.05) is 0 Å². The number of fused-ring (bicyclic) bond motifs is 2. The van der Waals surface area contributed by atoms with Gasteiger partial charge < -0.3 is 4.74 Å². The lowest BCUT2D eigenvalue weighted by Gasteiger charge is -2.28. The molecule has 0 aromatic heterocycles. The highest BCUT2D eigenvalue weighted by molar-refractivity contribution is 5.87. The predicted molar refractivity (Wildman–Crippen MR) is 235 cm³/mol. The van der Waals surface area contributed by atoms with Crippen LogP contribution < -0.4 is 0 Å². The standard InChI is InChI=1S/C52H78O/c1-3-5-7-9-11-13-15-17-19-21-23-25-27-43-51(49-41-33-37-45-35-29-31-39-47(45)49)53-52(50-42-34-38-46-36-30-32-40-48(46)50)44-28-26-24-22-20-18-16-14-12-10-8-6-4-2/h29-42,51-52H,3-28,43-44H2,1-2H3. The number of hydrogen-bond acceptors (Lipinski definition) is 1. The minimum Gasteiger partial charge on any atom is -0.366 e. The van der Waals surface area contributed by atoms with Gasteiger partial charge in [-0.25, -0.2) is 0 Å². The van der Waals surface area contributed by atoms with Crippen molar-refractivity contribution in [3.8, 4) is 0 Å². The van der Waals surface area contributed by atoms with E-state index >= 15 is 0 Å². The molecule has 0 radical (unpaired) electrons. The highest BCUT2D eigenvalue weighted by Gasteiger charge is 2.23. The van der Waals surface area contributed by atoms with Gasteiger partial charge in [0.05, 0.1) is 12.2 Å². The molecule has 292 valence electrons. The van der Waals surface area contributed by atoms with E-state index in [1.165, 1.54) is 200 Å². The molecule has 0 N–H and O–H groups in total. The van der Waals surface area contributed by atoms with Gasteiger partial charge in [-0.3, -0.25) is 0 Å². The Bertz CT molecular complexity index is 1350. The molecule has 0 bridgehead atoms. The average molecular weight is 719 g/mol. The second-order valence-corrected chi connectivity index (χ2v) is 16.3. The zero-order valence-electron chi connectivity index (χ0n) is 34.4. The van der Waals surface area contributed by atoms with Crippen LogP contribution in [-0.4, -0.2) is 0 Å². The van der Waals surface area contributed by atoms with Crippen molar-refractivity contribution in [1.29, 1.82) is 0 Å². The van der Waals surface area contributed by atoms with E-state index in [-0.39, 0.29) is 12.2 Å². The normalized spacial score (nSPS) is 12.9. The molecule has 0 aliphatic carbocycles. The maximum absolute atomic E-state index is 7.45. The molecule has 4 aromatic carbocycles.